The summed E-state index contributed by atoms with van der Waals surface area (Å²) in [5, 5.41) is 12.8. The Bertz CT molecular complexity index is 404. The van der Waals surface area contributed by atoms with Gasteiger partial charge in [0.1, 0.15) is 0 Å². The van der Waals surface area contributed by atoms with Crippen molar-refractivity contribution >= 4 is 11.8 Å². The highest BCUT2D eigenvalue weighted by molar-refractivity contribution is 5.88. The molecule has 0 atom stereocenters. The zero-order valence-corrected chi connectivity index (χ0v) is 9.83. The first-order chi connectivity index (χ1) is 8.31. The smallest absolute Gasteiger partial charge is 0.320 e. The number of nitrogens with one attached hydrogen (secondary N) is 3. The molecule has 2 saturated carbocycles. The average Bonchev–Trinajstić information content (AvgIpc) is 2.84. The summed E-state index contributed by atoms with van der Waals surface area (Å²) in [6.07, 6.45) is 7.26. The van der Waals surface area contributed by atoms with Gasteiger partial charge >= 0.3 is 6.03 Å². The highest BCUT2D eigenvalue weighted by atomic mass is 16.2. The molecule has 0 aromatic carbocycles. The van der Waals surface area contributed by atoms with Crippen LogP contribution in [0.3, 0.4) is 0 Å². The molecule has 0 unspecified atom stereocenters. The van der Waals surface area contributed by atoms with Crippen molar-refractivity contribution in [2.24, 2.45) is 0 Å². The van der Waals surface area contributed by atoms with E-state index in [4.69, 9.17) is 0 Å². The zero-order valence-electron chi connectivity index (χ0n) is 9.83. The van der Waals surface area contributed by atoms with Gasteiger partial charge in [0.25, 0.3) is 0 Å². The van der Waals surface area contributed by atoms with Crippen LogP contribution in [-0.2, 0) is 0 Å². The Labute approximate surface area is 100 Å². The van der Waals surface area contributed by atoms with E-state index in [2.05, 4.69) is 20.8 Å². The molecule has 0 saturated heterocycles. The molecule has 0 aliphatic heterocycles. The Balaban J connectivity index is 1.57. The van der Waals surface area contributed by atoms with E-state index in [-0.39, 0.29) is 6.03 Å². The predicted octanol–water partition coefficient (Wildman–Crippen LogP) is 2.35. The van der Waals surface area contributed by atoms with Gasteiger partial charge in [-0.05, 0) is 25.7 Å². The van der Waals surface area contributed by atoms with Crippen LogP contribution in [0.15, 0.2) is 6.07 Å². The molecule has 1 aromatic heterocycles. The monoisotopic (exact) mass is 234 g/mol. The van der Waals surface area contributed by atoms with Crippen LogP contribution in [0.5, 0.6) is 0 Å². The van der Waals surface area contributed by atoms with Gasteiger partial charge in [-0.1, -0.05) is 12.8 Å². The molecule has 1 heterocycles. The molecule has 0 radical (unpaired) electrons. The third-order valence-electron chi connectivity index (χ3n) is 3.55. The number of rotatable bonds is 3. The number of carbonyl (C=O) groups excluding carboxylic acids is 1. The summed E-state index contributed by atoms with van der Waals surface area (Å²) < 4.78 is 0. The molecule has 2 fully saturated rings. The second kappa shape index (κ2) is 4.39. The lowest BCUT2D eigenvalue weighted by atomic mass is 10.0. The van der Waals surface area contributed by atoms with Crippen molar-refractivity contribution in [1.82, 2.24) is 15.5 Å². The molecule has 2 aliphatic carbocycles. The first-order valence-electron chi connectivity index (χ1n) is 6.44. The fourth-order valence-corrected chi connectivity index (χ4v) is 2.41. The summed E-state index contributed by atoms with van der Waals surface area (Å²) in [6.45, 7) is 0. The second-order valence-corrected chi connectivity index (χ2v) is 5.06. The third-order valence-corrected chi connectivity index (χ3v) is 3.55. The van der Waals surface area contributed by atoms with Crippen molar-refractivity contribution in [1.29, 1.82) is 0 Å². The van der Waals surface area contributed by atoms with E-state index in [1.54, 1.807) is 0 Å². The highest BCUT2D eigenvalue weighted by Crippen LogP contribution is 2.33. The summed E-state index contributed by atoms with van der Waals surface area (Å²) in [5.74, 6) is 1.23. The number of aromatic amines is 1. The van der Waals surface area contributed by atoms with Crippen LogP contribution in [0.1, 0.15) is 50.1 Å². The lowest BCUT2D eigenvalue weighted by Crippen LogP contribution is -2.30. The molecule has 92 valence electrons. The highest BCUT2D eigenvalue weighted by Gasteiger charge is 2.24. The Kier molecular flexibility index (Phi) is 2.74. The minimum atomic E-state index is -0.142. The topological polar surface area (TPSA) is 69.8 Å². The molecule has 17 heavy (non-hydrogen) atoms. The minimum Gasteiger partial charge on any atom is -0.335 e. The Hall–Kier alpha value is -1.52. The summed E-state index contributed by atoms with van der Waals surface area (Å²) in [5.41, 5.74) is 1.16. The standard InChI is InChI=1S/C12H18N4O/c17-12(13-9-5-6-9)14-11-7-10(15-16-11)8-3-1-2-4-8/h7-9H,1-6H2,(H3,13,14,15,16,17). The minimum absolute atomic E-state index is 0.142. The number of H-pyrrole nitrogens is 1. The van der Waals surface area contributed by atoms with Gasteiger partial charge in [0.15, 0.2) is 5.82 Å². The molecular formula is C12H18N4O. The van der Waals surface area contributed by atoms with Crippen molar-refractivity contribution in [3.63, 3.8) is 0 Å². The van der Waals surface area contributed by atoms with E-state index in [9.17, 15) is 4.79 Å². The zero-order chi connectivity index (χ0) is 11.7. The summed E-state index contributed by atoms with van der Waals surface area (Å²) in [4.78, 5) is 11.5. The average molecular weight is 234 g/mol. The van der Waals surface area contributed by atoms with Crippen LogP contribution >= 0.6 is 0 Å². The van der Waals surface area contributed by atoms with E-state index in [0.29, 0.717) is 17.8 Å². The van der Waals surface area contributed by atoms with E-state index in [1.807, 2.05) is 6.07 Å². The van der Waals surface area contributed by atoms with Crippen LogP contribution in [-0.4, -0.2) is 22.3 Å². The third kappa shape index (κ3) is 2.60. The number of aromatic nitrogens is 2. The lowest BCUT2D eigenvalue weighted by molar-refractivity contribution is 0.251. The van der Waals surface area contributed by atoms with E-state index in [1.165, 1.54) is 25.7 Å². The fraction of sp³-hybridized carbons (Fsp3) is 0.667. The summed E-state index contributed by atoms with van der Waals surface area (Å²) >= 11 is 0. The van der Waals surface area contributed by atoms with Gasteiger partial charge < -0.3 is 5.32 Å². The van der Waals surface area contributed by atoms with E-state index < -0.39 is 0 Å². The molecule has 0 spiro atoms. The van der Waals surface area contributed by atoms with E-state index >= 15 is 0 Å². The molecular weight excluding hydrogens is 216 g/mol. The largest absolute Gasteiger partial charge is 0.335 e. The number of amides is 2. The van der Waals surface area contributed by atoms with Crippen LogP contribution in [0, 0.1) is 0 Å². The maximum Gasteiger partial charge on any atom is 0.320 e. The number of urea groups is 1. The van der Waals surface area contributed by atoms with Gasteiger partial charge in [0, 0.05) is 23.7 Å². The number of hydrogen-bond donors (Lipinski definition) is 3. The Morgan fingerprint density at radius 3 is 2.76 bits per heavy atom. The fourth-order valence-electron chi connectivity index (χ4n) is 2.41. The number of anilines is 1. The van der Waals surface area contributed by atoms with Crippen molar-refractivity contribution < 1.29 is 4.79 Å². The quantitative estimate of drug-likeness (QED) is 0.751. The Morgan fingerprint density at radius 1 is 1.29 bits per heavy atom. The number of carbonyl (C=O) groups is 1. The normalized spacial score (nSPS) is 20.5. The summed E-state index contributed by atoms with van der Waals surface area (Å²) in [7, 11) is 0. The van der Waals surface area contributed by atoms with Crippen molar-refractivity contribution in [2.45, 2.75) is 50.5 Å². The van der Waals surface area contributed by atoms with Gasteiger partial charge in [-0.15, -0.1) is 0 Å². The van der Waals surface area contributed by atoms with Gasteiger partial charge in [-0.25, -0.2) is 4.79 Å². The lowest BCUT2D eigenvalue weighted by Gasteiger charge is -2.04. The molecule has 0 bridgehead atoms. The van der Waals surface area contributed by atoms with Gasteiger partial charge in [0.2, 0.25) is 0 Å². The predicted molar refractivity (Wildman–Crippen MR) is 65.0 cm³/mol. The SMILES string of the molecule is O=C(Nc1cc(C2CCCC2)[nH]n1)NC1CC1. The Morgan fingerprint density at radius 2 is 2.06 bits per heavy atom. The van der Waals surface area contributed by atoms with Crippen LogP contribution in [0.2, 0.25) is 0 Å². The molecule has 5 nitrogen and oxygen atoms in total. The second-order valence-electron chi connectivity index (χ2n) is 5.06. The maximum absolute atomic E-state index is 11.5. The van der Waals surface area contributed by atoms with Crippen LogP contribution in [0.4, 0.5) is 10.6 Å². The van der Waals surface area contributed by atoms with Gasteiger partial charge in [-0.2, -0.15) is 5.10 Å². The molecule has 5 heteroatoms. The van der Waals surface area contributed by atoms with Crippen molar-refractivity contribution in [2.75, 3.05) is 5.32 Å². The molecule has 3 rings (SSSR count). The van der Waals surface area contributed by atoms with Gasteiger partial charge in [-0.3, -0.25) is 10.4 Å². The van der Waals surface area contributed by atoms with Crippen LogP contribution < -0.4 is 10.6 Å². The first-order valence-corrected chi connectivity index (χ1v) is 6.44. The molecule has 3 N–H and O–H groups in total. The number of hydrogen-bond acceptors (Lipinski definition) is 2. The number of nitrogens with zero attached hydrogens (tertiary/aromatic N) is 1. The molecule has 2 amide bonds. The van der Waals surface area contributed by atoms with Crippen LogP contribution in [0.25, 0.3) is 0 Å². The molecule has 2 aliphatic rings. The van der Waals surface area contributed by atoms with Crippen molar-refractivity contribution in [3.05, 3.63) is 11.8 Å². The maximum atomic E-state index is 11.5. The summed E-state index contributed by atoms with van der Waals surface area (Å²) in [6, 6.07) is 2.20. The van der Waals surface area contributed by atoms with Crippen molar-refractivity contribution in [3.8, 4) is 0 Å². The van der Waals surface area contributed by atoms with Gasteiger partial charge in [0.05, 0.1) is 0 Å². The van der Waals surface area contributed by atoms with E-state index in [0.717, 1.165) is 18.5 Å². The molecule has 1 aromatic rings. The first kappa shape index (κ1) is 10.6.